The summed E-state index contributed by atoms with van der Waals surface area (Å²) in [6.07, 6.45) is 12.2. The molecule has 23 heavy (non-hydrogen) atoms. The van der Waals surface area contributed by atoms with Crippen molar-refractivity contribution in [2.24, 2.45) is 5.92 Å². The van der Waals surface area contributed by atoms with Crippen molar-refractivity contribution in [1.82, 2.24) is 19.9 Å². The molecule has 0 radical (unpaired) electrons. The Hall–Kier alpha value is -2.01. The molecule has 1 atom stereocenters. The van der Waals surface area contributed by atoms with E-state index in [0.29, 0.717) is 17.5 Å². The van der Waals surface area contributed by atoms with Gasteiger partial charge in [0.05, 0.1) is 18.1 Å². The zero-order valence-electron chi connectivity index (χ0n) is 13.3. The summed E-state index contributed by atoms with van der Waals surface area (Å²) >= 11 is 0. The van der Waals surface area contributed by atoms with Gasteiger partial charge in [0.25, 0.3) is 0 Å². The van der Waals surface area contributed by atoms with Crippen LogP contribution in [0, 0.1) is 5.92 Å². The van der Waals surface area contributed by atoms with E-state index in [4.69, 9.17) is 4.74 Å². The van der Waals surface area contributed by atoms with Crippen LogP contribution in [0.1, 0.15) is 37.3 Å². The number of hydrogen-bond acceptors (Lipinski definition) is 5. The van der Waals surface area contributed by atoms with E-state index in [-0.39, 0.29) is 0 Å². The molecule has 5 nitrogen and oxygen atoms in total. The van der Waals surface area contributed by atoms with Crippen LogP contribution < -0.4 is 4.74 Å². The first-order valence-corrected chi connectivity index (χ1v) is 8.49. The van der Waals surface area contributed by atoms with Crippen molar-refractivity contribution >= 4 is 0 Å². The van der Waals surface area contributed by atoms with E-state index in [2.05, 4.69) is 19.9 Å². The summed E-state index contributed by atoms with van der Waals surface area (Å²) in [4.78, 5) is 15.7. The summed E-state index contributed by atoms with van der Waals surface area (Å²) in [7, 11) is 0. The van der Waals surface area contributed by atoms with Crippen LogP contribution in [0.5, 0.6) is 11.6 Å². The maximum atomic E-state index is 5.76. The Morgan fingerprint density at radius 1 is 1.13 bits per heavy atom. The molecule has 1 aliphatic heterocycles. The van der Waals surface area contributed by atoms with Gasteiger partial charge in [0.1, 0.15) is 5.75 Å². The molecule has 1 saturated heterocycles. The molecule has 0 spiro atoms. The molecule has 0 unspecified atom stereocenters. The smallest absolute Gasteiger partial charge is 0.238 e. The molecule has 0 N–H and O–H groups in total. The number of likely N-dealkylation sites (tertiary alicyclic amines) is 1. The van der Waals surface area contributed by atoms with Gasteiger partial charge in [0.2, 0.25) is 5.88 Å². The summed E-state index contributed by atoms with van der Waals surface area (Å²) in [6, 6.07) is 3.73. The van der Waals surface area contributed by atoms with E-state index < -0.39 is 0 Å². The Kier molecular flexibility index (Phi) is 4.20. The van der Waals surface area contributed by atoms with Crippen LogP contribution in [0.15, 0.2) is 36.9 Å². The Morgan fingerprint density at radius 2 is 2.09 bits per heavy atom. The van der Waals surface area contributed by atoms with E-state index in [1.807, 2.05) is 18.3 Å². The van der Waals surface area contributed by atoms with Crippen LogP contribution in [-0.2, 0) is 0 Å². The fraction of sp³-hybridized carbons (Fsp3) is 0.500. The minimum absolute atomic E-state index is 0.465. The van der Waals surface area contributed by atoms with Crippen LogP contribution in [0.3, 0.4) is 0 Å². The van der Waals surface area contributed by atoms with Crippen molar-refractivity contribution in [3.05, 3.63) is 42.6 Å². The van der Waals surface area contributed by atoms with Crippen LogP contribution in [0.25, 0.3) is 0 Å². The molecule has 5 heteroatoms. The standard InChI is InChI=1S/C18H22N4O/c1-4-16(9-19-7-1)23-18-11-20-10-17(21-18)15-3-2-8-22(13-15)12-14-5-6-14/h1,4,7,9-11,14-15H,2-3,5-6,8,12-13H2/t15-/m0/s1. The molecule has 120 valence electrons. The highest BCUT2D eigenvalue weighted by Crippen LogP contribution is 2.33. The third kappa shape index (κ3) is 3.85. The van der Waals surface area contributed by atoms with Crippen LogP contribution in [0.2, 0.25) is 0 Å². The number of aromatic nitrogens is 3. The second-order valence-corrected chi connectivity index (χ2v) is 6.62. The predicted molar refractivity (Wildman–Crippen MR) is 87.5 cm³/mol. The molecule has 0 amide bonds. The lowest BCUT2D eigenvalue weighted by molar-refractivity contribution is 0.198. The predicted octanol–water partition coefficient (Wildman–Crippen LogP) is 3.25. The topological polar surface area (TPSA) is 51.1 Å². The first-order valence-electron chi connectivity index (χ1n) is 8.49. The van der Waals surface area contributed by atoms with Crippen molar-refractivity contribution in [2.45, 2.75) is 31.6 Å². The normalized spacial score (nSPS) is 22.0. The van der Waals surface area contributed by atoms with E-state index >= 15 is 0 Å². The number of pyridine rings is 1. The third-order valence-corrected chi connectivity index (χ3v) is 4.63. The molecule has 0 bridgehead atoms. The monoisotopic (exact) mass is 310 g/mol. The lowest BCUT2D eigenvalue weighted by Gasteiger charge is -2.32. The van der Waals surface area contributed by atoms with Gasteiger partial charge >= 0.3 is 0 Å². The summed E-state index contributed by atoms with van der Waals surface area (Å²) in [6.45, 7) is 3.59. The molecule has 3 heterocycles. The largest absolute Gasteiger partial charge is 0.436 e. The van der Waals surface area contributed by atoms with Gasteiger partial charge in [-0.2, -0.15) is 0 Å². The average Bonchev–Trinajstić information content (AvgIpc) is 3.40. The van der Waals surface area contributed by atoms with Gasteiger partial charge in [-0.3, -0.25) is 9.97 Å². The van der Waals surface area contributed by atoms with Crippen molar-refractivity contribution in [3.8, 4) is 11.6 Å². The van der Waals surface area contributed by atoms with Gasteiger partial charge in [-0.25, -0.2) is 4.98 Å². The fourth-order valence-corrected chi connectivity index (χ4v) is 3.26. The number of hydrogen-bond donors (Lipinski definition) is 0. The second kappa shape index (κ2) is 6.62. The highest BCUT2D eigenvalue weighted by molar-refractivity contribution is 5.23. The van der Waals surface area contributed by atoms with Crippen molar-refractivity contribution in [3.63, 3.8) is 0 Å². The van der Waals surface area contributed by atoms with Gasteiger partial charge in [-0.15, -0.1) is 0 Å². The fourth-order valence-electron chi connectivity index (χ4n) is 3.26. The summed E-state index contributed by atoms with van der Waals surface area (Å²) < 4.78 is 5.76. The molecule has 2 aliphatic rings. The van der Waals surface area contributed by atoms with Crippen molar-refractivity contribution < 1.29 is 4.74 Å². The maximum absolute atomic E-state index is 5.76. The highest BCUT2D eigenvalue weighted by Gasteiger charge is 2.28. The van der Waals surface area contributed by atoms with E-state index in [1.165, 1.54) is 38.8 Å². The Bertz CT molecular complexity index is 644. The molecule has 2 aromatic heterocycles. The van der Waals surface area contributed by atoms with E-state index in [0.717, 1.165) is 18.2 Å². The van der Waals surface area contributed by atoms with Gasteiger partial charge in [0, 0.05) is 31.4 Å². The molecule has 1 aliphatic carbocycles. The first-order chi connectivity index (χ1) is 11.4. The average molecular weight is 310 g/mol. The zero-order valence-corrected chi connectivity index (χ0v) is 13.3. The van der Waals surface area contributed by atoms with Crippen molar-refractivity contribution in [2.75, 3.05) is 19.6 Å². The second-order valence-electron chi connectivity index (χ2n) is 6.62. The Balaban J connectivity index is 1.44. The minimum Gasteiger partial charge on any atom is -0.436 e. The van der Waals surface area contributed by atoms with Gasteiger partial charge in [-0.1, -0.05) is 0 Å². The quantitative estimate of drug-likeness (QED) is 0.848. The molecule has 2 aromatic rings. The summed E-state index contributed by atoms with van der Waals surface area (Å²) in [5.41, 5.74) is 1.05. The molecular weight excluding hydrogens is 288 g/mol. The van der Waals surface area contributed by atoms with Gasteiger partial charge < -0.3 is 9.64 Å². The number of rotatable bonds is 5. The summed E-state index contributed by atoms with van der Waals surface area (Å²) in [5.74, 6) is 2.65. The lowest BCUT2D eigenvalue weighted by atomic mass is 9.95. The number of ether oxygens (including phenoxy) is 1. The highest BCUT2D eigenvalue weighted by atomic mass is 16.5. The first kappa shape index (κ1) is 14.6. The van der Waals surface area contributed by atoms with Gasteiger partial charge in [-0.05, 0) is 50.3 Å². The molecule has 4 rings (SSSR count). The number of nitrogens with zero attached hydrogens (tertiary/aromatic N) is 4. The van der Waals surface area contributed by atoms with Crippen LogP contribution in [0.4, 0.5) is 0 Å². The number of piperidine rings is 1. The Morgan fingerprint density at radius 3 is 2.91 bits per heavy atom. The van der Waals surface area contributed by atoms with Crippen molar-refractivity contribution in [1.29, 1.82) is 0 Å². The maximum Gasteiger partial charge on any atom is 0.238 e. The zero-order chi connectivity index (χ0) is 15.5. The van der Waals surface area contributed by atoms with Gasteiger partial charge in [0.15, 0.2) is 0 Å². The van der Waals surface area contributed by atoms with E-state index in [9.17, 15) is 0 Å². The lowest BCUT2D eigenvalue weighted by Crippen LogP contribution is -2.36. The molecule has 2 fully saturated rings. The van der Waals surface area contributed by atoms with Crippen LogP contribution in [-0.4, -0.2) is 39.5 Å². The third-order valence-electron chi connectivity index (χ3n) is 4.63. The van der Waals surface area contributed by atoms with Crippen LogP contribution >= 0.6 is 0 Å². The SMILES string of the molecule is c1cncc(Oc2cncc([C@H]3CCCN(CC4CC4)C3)n2)c1. The minimum atomic E-state index is 0.465. The van der Waals surface area contributed by atoms with E-state index in [1.54, 1.807) is 18.6 Å². The molecule has 0 aromatic carbocycles. The Labute approximate surface area is 136 Å². The summed E-state index contributed by atoms with van der Waals surface area (Å²) in [5, 5.41) is 0. The molecular formula is C18H22N4O. The molecule has 1 saturated carbocycles.